The highest BCUT2D eigenvalue weighted by Crippen LogP contribution is 2.22. The van der Waals surface area contributed by atoms with Crippen LogP contribution in [0.1, 0.15) is 10.4 Å². The van der Waals surface area contributed by atoms with Gasteiger partial charge >= 0.3 is 0 Å². The van der Waals surface area contributed by atoms with Crippen molar-refractivity contribution in [2.45, 2.75) is 0 Å². The lowest BCUT2D eigenvalue weighted by atomic mass is 10.1. The number of pyridine rings is 1. The van der Waals surface area contributed by atoms with Crippen LogP contribution in [-0.2, 0) is 0 Å². The average Bonchev–Trinajstić information content (AvgIpc) is 2.46. The van der Waals surface area contributed by atoms with Crippen LogP contribution >= 0.6 is 0 Å². The molecule has 2 aromatic carbocycles. The molecule has 0 aliphatic carbocycles. The summed E-state index contributed by atoms with van der Waals surface area (Å²) in [6, 6.07) is 14.2. The number of aromatic nitrogens is 1. The van der Waals surface area contributed by atoms with Crippen LogP contribution in [0.25, 0.3) is 10.9 Å². The van der Waals surface area contributed by atoms with Crippen LogP contribution in [0, 0.1) is 0 Å². The predicted molar refractivity (Wildman–Crippen MR) is 85.0 cm³/mol. The van der Waals surface area contributed by atoms with Gasteiger partial charge in [-0.25, -0.2) is 0 Å². The second kappa shape index (κ2) is 5.13. The lowest BCUT2D eigenvalue weighted by molar-refractivity contribution is 0.102. The minimum absolute atomic E-state index is 0.271. The van der Waals surface area contributed by atoms with Gasteiger partial charge < -0.3 is 16.8 Å². The molecule has 0 aliphatic heterocycles. The maximum absolute atomic E-state index is 12.3. The van der Waals surface area contributed by atoms with E-state index in [1.54, 1.807) is 24.4 Å². The van der Waals surface area contributed by atoms with Crippen molar-refractivity contribution in [3.8, 4) is 0 Å². The van der Waals surface area contributed by atoms with Crippen LogP contribution in [0.3, 0.4) is 0 Å². The first-order chi connectivity index (χ1) is 10.1. The fourth-order valence-corrected chi connectivity index (χ4v) is 2.21. The zero-order chi connectivity index (χ0) is 14.8. The van der Waals surface area contributed by atoms with Gasteiger partial charge in [0.25, 0.3) is 5.91 Å². The Labute approximate surface area is 121 Å². The zero-order valence-electron chi connectivity index (χ0n) is 11.2. The monoisotopic (exact) mass is 278 g/mol. The highest BCUT2D eigenvalue weighted by atomic mass is 16.1. The molecule has 1 heterocycles. The number of anilines is 3. The van der Waals surface area contributed by atoms with Gasteiger partial charge in [0, 0.05) is 28.5 Å². The third kappa shape index (κ3) is 2.62. The van der Waals surface area contributed by atoms with E-state index in [0.717, 1.165) is 10.9 Å². The zero-order valence-corrected chi connectivity index (χ0v) is 11.2. The summed E-state index contributed by atoms with van der Waals surface area (Å²) < 4.78 is 0. The fraction of sp³-hybridized carbons (Fsp3) is 0. The van der Waals surface area contributed by atoms with Crippen molar-refractivity contribution in [2.24, 2.45) is 0 Å². The highest BCUT2D eigenvalue weighted by molar-refractivity contribution is 6.09. The van der Waals surface area contributed by atoms with Gasteiger partial charge in [-0.15, -0.1) is 0 Å². The highest BCUT2D eigenvalue weighted by Gasteiger charge is 2.10. The van der Waals surface area contributed by atoms with Crippen LogP contribution in [0.5, 0.6) is 0 Å². The number of carbonyl (C=O) groups excluding carboxylic acids is 1. The van der Waals surface area contributed by atoms with E-state index in [1.165, 1.54) is 0 Å². The Bertz CT molecular complexity index is 804. The number of benzene rings is 2. The number of amides is 1. The van der Waals surface area contributed by atoms with E-state index in [-0.39, 0.29) is 5.91 Å². The maximum Gasteiger partial charge on any atom is 0.255 e. The second-order valence-corrected chi connectivity index (χ2v) is 4.72. The molecule has 0 unspecified atom stereocenters. The van der Waals surface area contributed by atoms with Crippen molar-refractivity contribution in [1.82, 2.24) is 4.98 Å². The first-order valence-corrected chi connectivity index (χ1v) is 6.44. The van der Waals surface area contributed by atoms with Gasteiger partial charge in [-0.1, -0.05) is 18.2 Å². The molecular formula is C16H14N4O. The molecule has 5 heteroatoms. The summed E-state index contributed by atoms with van der Waals surface area (Å²) in [6.07, 6.45) is 1.69. The Morgan fingerprint density at radius 3 is 2.48 bits per heavy atom. The Morgan fingerprint density at radius 1 is 1.00 bits per heavy atom. The first kappa shape index (κ1) is 12.9. The van der Waals surface area contributed by atoms with Crippen LogP contribution in [-0.4, -0.2) is 10.9 Å². The van der Waals surface area contributed by atoms with Crippen LogP contribution in [0.4, 0.5) is 17.1 Å². The molecular weight excluding hydrogens is 264 g/mol. The van der Waals surface area contributed by atoms with E-state index < -0.39 is 0 Å². The molecule has 0 radical (unpaired) electrons. The summed E-state index contributed by atoms with van der Waals surface area (Å²) in [6.45, 7) is 0. The van der Waals surface area contributed by atoms with E-state index in [2.05, 4.69) is 10.3 Å². The maximum atomic E-state index is 12.3. The number of fused-ring (bicyclic) bond motifs is 1. The van der Waals surface area contributed by atoms with Crippen molar-refractivity contribution in [2.75, 3.05) is 16.8 Å². The van der Waals surface area contributed by atoms with Crippen LogP contribution in [0.2, 0.25) is 0 Å². The lowest BCUT2D eigenvalue weighted by Gasteiger charge is -2.09. The third-order valence-corrected chi connectivity index (χ3v) is 3.12. The normalized spacial score (nSPS) is 10.5. The molecule has 3 aromatic rings. The van der Waals surface area contributed by atoms with Crippen LogP contribution < -0.4 is 16.8 Å². The van der Waals surface area contributed by atoms with Gasteiger partial charge in [0.2, 0.25) is 0 Å². The summed E-state index contributed by atoms with van der Waals surface area (Å²) in [5.41, 5.74) is 14.1. The third-order valence-electron chi connectivity index (χ3n) is 3.12. The summed E-state index contributed by atoms with van der Waals surface area (Å²) in [4.78, 5) is 16.6. The van der Waals surface area contributed by atoms with Gasteiger partial charge in [-0.05, 0) is 30.3 Å². The van der Waals surface area contributed by atoms with E-state index in [4.69, 9.17) is 11.5 Å². The molecule has 0 atom stereocenters. The van der Waals surface area contributed by atoms with E-state index in [1.807, 2.05) is 30.3 Å². The average molecular weight is 278 g/mol. The first-order valence-electron chi connectivity index (χ1n) is 6.44. The molecule has 1 amide bonds. The molecule has 1 aromatic heterocycles. The Balaban J connectivity index is 1.96. The summed E-state index contributed by atoms with van der Waals surface area (Å²) >= 11 is 0. The standard InChI is InChI=1S/C16H14N4O/c17-12-7-11(8-13(18)9-12)16(21)20-14-5-1-3-10-4-2-6-19-15(10)14/h1-9H,17-18H2,(H,20,21). The van der Waals surface area contributed by atoms with Crippen molar-refractivity contribution in [1.29, 1.82) is 0 Å². The lowest BCUT2D eigenvalue weighted by Crippen LogP contribution is -2.13. The minimum atomic E-state index is -0.271. The van der Waals surface area contributed by atoms with Crippen molar-refractivity contribution in [3.05, 3.63) is 60.3 Å². The quantitative estimate of drug-likeness (QED) is 0.628. The molecule has 0 spiro atoms. The molecule has 5 N–H and O–H groups in total. The van der Waals surface area contributed by atoms with Gasteiger partial charge in [-0.2, -0.15) is 0 Å². The summed E-state index contributed by atoms with van der Waals surface area (Å²) in [5, 5.41) is 3.80. The molecule has 0 fully saturated rings. The number of carbonyl (C=O) groups is 1. The SMILES string of the molecule is Nc1cc(N)cc(C(=O)Nc2cccc3cccnc23)c1. The molecule has 104 valence electrons. The predicted octanol–water partition coefficient (Wildman–Crippen LogP) is 2.65. The number of nitrogen functional groups attached to an aromatic ring is 2. The van der Waals surface area contributed by atoms with Crippen LogP contribution in [0.15, 0.2) is 54.7 Å². The number of nitrogens with two attached hydrogens (primary N) is 2. The number of hydrogen-bond acceptors (Lipinski definition) is 4. The summed E-state index contributed by atoms with van der Waals surface area (Å²) in [7, 11) is 0. The van der Waals surface area contributed by atoms with Crippen molar-refractivity contribution < 1.29 is 4.79 Å². The Hall–Kier alpha value is -3.08. The molecule has 0 saturated heterocycles. The van der Waals surface area contributed by atoms with Crippen molar-refractivity contribution in [3.63, 3.8) is 0 Å². The summed E-state index contributed by atoms with van der Waals surface area (Å²) in [5.74, 6) is -0.271. The minimum Gasteiger partial charge on any atom is -0.399 e. The second-order valence-electron chi connectivity index (χ2n) is 4.72. The Morgan fingerprint density at radius 2 is 1.71 bits per heavy atom. The number of rotatable bonds is 2. The molecule has 3 rings (SSSR count). The number of nitrogens with one attached hydrogen (secondary N) is 1. The molecule has 21 heavy (non-hydrogen) atoms. The van der Waals surface area contributed by atoms with E-state index >= 15 is 0 Å². The van der Waals surface area contributed by atoms with E-state index in [0.29, 0.717) is 22.6 Å². The van der Waals surface area contributed by atoms with Gasteiger partial charge in [-0.3, -0.25) is 9.78 Å². The molecule has 0 saturated carbocycles. The molecule has 0 bridgehead atoms. The number of nitrogens with zero attached hydrogens (tertiary/aromatic N) is 1. The number of para-hydroxylation sites is 1. The molecule has 5 nitrogen and oxygen atoms in total. The van der Waals surface area contributed by atoms with Gasteiger partial charge in [0.05, 0.1) is 11.2 Å². The number of hydrogen-bond donors (Lipinski definition) is 3. The van der Waals surface area contributed by atoms with Crippen molar-refractivity contribution >= 4 is 33.9 Å². The Kier molecular flexibility index (Phi) is 3.16. The fourth-order valence-electron chi connectivity index (χ4n) is 2.21. The van der Waals surface area contributed by atoms with E-state index in [9.17, 15) is 4.79 Å². The molecule has 0 aliphatic rings. The smallest absolute Gasteiger partial charge is 0.255 e. The topological polar surface area (TPSA) is 94.0 Å². The largest absolute Gasteiger partial charge is 0.399 e. The van der Waals surface area contributed by atoms with Gasteiger partial charge in [0.15, 0.2) is 0 Å². The van der Waals surface area contributed by atoms with Gasteiger partial charge in [0.1, 0.15) is 0 Å².